The van der Waals surface area contributed by atoms with Crippen molar-refractivity contribution < 1.29 is 4.84 Å². The summed E-state index contributed by atoms with van der Waals surface area (Å²) in [5, 5.41) is 12.9. The van der Waals surface area contributed by atoms with E-state index in [1.165, 1.54) is 0 Å². The lowest BCUT2D eigenvalue weighted by Gasteiger charge is -2.10. The Balaban J connectivity index is 2.18. The zero-order valence-corrected chi connectivity index (χ0v) is 9.47. The molecule has 0 saturated heterocycles. The van der Waals surface area contributed by atoms with Gasteiger partial charge in [-0.3, -0.25) is 0 Å². The van der Waals surface area contributed by atoms with E-state index in [0.29, 0.717) is 11.5 Å². The number of hydrogen-bond donors (Lipinski definition) is 0. The van der Waals surface area contributed by atoms with Crippen molar-refractivity contribution >= 4 is 5.71 Å². The normalized spacial score (nSPS) is 19.1. The van der Waals surface area contributed by atoms with Gasteiger partial charge in [-0.05, 0) is 18.1 Å². The summed E-state index contributed by atoms with van der Waals surface area (Å²) in [6.07, 6.45) is 0.993. The molecule has 3 heteroatoms. The van der Waals surface area contributed by atoms with Crippen LogP contribution in [0.5, 0.6) is 0 Å². The summed E-state index contributed by atoms with van der Waals surface area (Å²) < 4.78 is 0. The van der Waals surface area contributed by atoms with Crippen LogP contribution in [0.15, 0.2) is 29.4 Å². The summed E-state index contributed by atoms with van der Waals surface area (Å²) in [5.41, 5.74) is 2.59. The molecule has 0 radical (unpaired) electrons. The molecule has 0 N–H and O–H groups in total. The number of nitriles is 1. The molecular weight excluding hydrogens is 200 g/mol. The molecule has 82 valence electrons. The van der Waals surface area contributed by atoms with Crippen LogP contribution in [-0.4, -0.2) is 11.8 Å². The first kappa shape index (κ1) is 10.7. The van der Waals surface area contributed by atoms with Crippen LogP contribution in [0.1, 0.15) is 31.4 Å². The van der Waals surface area contributed by atoms with E-state index in [0.717, 1.165) is 17.7 Å². The van der Waals surface area contributed by atoms with Gasteiger partial charge < -0.3 is 4.84 Å². The zero-order chi connectivity index (χ0) is 11.5. The van der Waals surface area contributed by atoms with E-state index in [1.807, 2.05) is 18.2 Å². The fourth-order valence-corrected chi connectivity index (χ4v) is 1.69. The van der Waals surface area contributed by atoms with Gasteiger partial charge in [0.05, 0.1) is 17.3 Å². The molecule has 2 rings (SSSR count). The van der Waals surface area contributed by atoms with Gasteiger partial charge in [-0.15, -0.1) is 0 Å². The minimum atomic E-state index is 0.167. The Morgan fingerprint density at radius 1 is 1.50 bits per heavy atom. The quantitative estimate of drug-likeness (QED) is 0.759. The third-order valence-electron chi connectivity index (χ3n) is 2.76. The van der Waals surface area contributed by atoms with Gasteiger partial charge in [-0.1, -0.05) is 31.1 Å². The van der Waals surface area contributed by atoms with Crippen LogP contribution < -0.4 is 0 Å². The molecule has 0 spiro atoms. The van der Waals surface area contributed by atoms with Crippen LogP contribution in [0.2, 0.25) is 0 Å². The molecule has 1 heterocycles. The van der Waals surface area contributed by atoms with Gasteiger partial charge in [-0.2, -0.15) is 5.26 Å². The number of rotatable bonds is 2. The fourth-order valence-electron chi connectivity index (χ4n) is 1.69. The largest absolute Gasteiger partial charge is 0.392 e. The first-order chi connectivity index (χ1) is 7.70. The van der Waals surface area contributed by atoms with E-state index in [-0.39, 0.29) is 6.10 Å². The van der Waals surface area contributed by atoms with Crippen LogP contribution >= 0.6 is 0 Å². The number of benzene rings is 1. The third kappa shape index (κ3) is 2.06. The average Bonchev–Trinajstić information content (AvgIpc) is 2.78. The molecule has 1 aliphatic rings. The smallest absolute Gasteiger partial charge is 0.135 e. The average molecular weight is 214 g/mol. The first-order valence-electron chi connectivity index (χ1n) is 5.44. The Hall–Kier alpha value is -1.82. The van der Waals surface area contributed by atoms with E-state index < -0.39 is 0 Å². The summed E-state index contributed by atoms with van der Waals surface area (Å²) in [7, 11) is 0. The monoisotopic (exact) mass is 214 g/mol. The van der Waals surface area contributed by atoms with Crippen molar-refractivity contribution in [3.05, 3.63) is 35.4 Å². The van der Waals surface area contributed by atoms with Crippen LogP contribution in [-0.2, 0) is 4.84 Å². The highest BCUT2D eigenvalue weighted by Gasteiger charge is 2.24. The molecule has 1 atom stereocenters. The van der Waals surface area contributed by atoms with E-state index in [2.05, 4.69) is 25.1 Å². The summed E-state index contributed by atoms with van der Waals surface area (Å²) in [6, 6.07) is 9.61. The lowest BCUT2D eigenvalue weighted by Crippen LogP contribution is -2.15. The van der Waals surface area contributed by atoms with Crippen LogP contribution in [0.25, 0.3) is 0 Å². The number of hydrogen-bond acceptors (Lipinski definition) is 3. The van der Waals surface area contributed by atoms with Crippen molar-refractivity contribution in [2.24, 2.45) is 11.1 Å². The molecule has 3 nitrogen and oxygen atoms in total. The highest BCUT2D eigenvalue weighted by molar-refractivity contribution is 6.01. The topological polar surface area (TPSA) is 45.4 Å². The van der Waals surface area contributed by atoms with E-state index in [1.54, 1.807) is 6.07 Å². The fraction of sp³-hybridized carbons (Fsp3) is 0.385. The molecule has 16 heavy (non-hydrogen) atoms. The maximum Gasteiger partial charge on any atom is 0.135 e. The van der Waals surface area contributed by atoms with Gasteiger partial charge >= 0.3 is 0 Å². The van der Waals surface area contributed by atoms with Gasteiger partial charge in [-0.25, -0.2) is 0 Å². The van der Waals surface area contributed by atoms with E-state index >= 15 is 0 Å². The van der Waals surface area contributed by atoms with Gasteiger partial charge in [0.1, 0.15) is 6.10 Å². The van der Waals surface area contributed by atoms with Crippen molar-refractivity contribution in [3.8, 4) is 6.07 Å². The van der Waals surface area contributed by atoms with Crippen molar-refractivity contribution in [1.82, 2.24) is 0 Å². The Morgan fingerprint density at radius 3 is 2.94 bits per heavy atom. The highest BCUT2D eigenvalue weighted by Crippen LogP contribution is 2.22. The van der Waals surface area contributed by atoms with E-state index in [4.69, 9.17) is 10.1 Å². The molecule has 0 fully saturated rings. The van der Waals surface area contributed by atoms with Crippen molar-refractivity contribution in [1.29, 1.82) is 5.26 Å². The second-order valence-electron chi connectivity index (χ2n) is 4.32. The SMILES string of the molecule is CC(C)C1CC(c2cccc(C#N)c2)=NO1. The molecule has 0 bridgehead atoms. The molecule has 1 aromatic carbocycles. The van der Waals surface area contributed by atoms with Crippen molar-refractivity contribution in [3.63, 3.8) is 0 Å². The Labute approximate surface area is 95.3 Å². The lowest BCUT2D eigenvalue weighted by atomic mass is 9.98. The minimum Gasteiger partial charge on any atom is -0.392 e. The van der Waals surface area contributed by atoms with Gasteiger partial charge in [0.15, 0.2) is 0 Å². The second-order valence-corrected chi connectivity index (χ2v) is 4.32. The van der Waals surface area contributed by atoms with Crippen LogP contribution in [0.3, 0.4) is 0 Å². The summed E-state index contributed by atoms with van der Waals surface area (Å²) in [6.45, 7) is 4.24. The first-order valence-corrected chi connectivity index (χ1v) is 5.44. The van der Waals surface area contributed by atoms with Crippen LogP contribution in [0, 0.1) is 17.2 Å². The molecule has 0 amide bonds. The molecule has 1 aliphatic heterocycles. The Kier molecular flexibility index (Phi) is 2.91. The molecule has 1 aromatic rings. The highest BCUT2D eigenvalue weighted by atomic mass is 16.6. The number of oxime groups is 1. The van der Waals surface area contributed by atoms with Crippen LogP contribution in [0.4, 0.5) is 0 Å². The van der Waals surface area contributed by atoms with E-state index in [9.17, 15) is 0 Å². The zero-order valence-electron chi connectivity index (χ0n) is 9.47. The molecule has 0 saturated carbocycles. The summed E-state index contributed by atoms with van der Waals surface area (Å²) in [4.78, 5) is 5.36. The third-order valence-corrected chi connectivity index (χ3v) is 2.76. The lowest BCUT2D eigenvalue weighted by molar-refractivity contribution is 0.0521. The molecule has 0 aliphatic carbocycles. The summed E-state index contributed by atoms with van der Waals surface area (Å²) >= 11 is 0. The predicted molar refractivity (Wildman–Crippen MR) is 62.0 cm³/mol. The minimum absolute atomic E-state index is 0.167. The summed E-state index contributed by atoms with van der Waals surface area (Å²) in [5.74, 6) is 0.459. The number of nitrogens with zero attached hydrogens (tertiary/aromatic N) is 2. The maximum absolute atomic E-state index is 8.82. The molecule has 0 aromatic heterocycles. The second kappa shape index (κ2) is 4.36. The van der Waals surface area contributed by atoms with Crippen molar-refractivity contribution in [2.45, 2.75) is 26.4 Å². The van der Waals surface area contributed by atoms with Gasteiger partial charge in [0.25, 0.3) is 0 Å². The maximum atomic E-state index is 8.82. The Bertz CT molecular complexity index is 457. The predicted octanol–water partition coefficient (Wildman–Crippen LogP) is 2.71. The van der Waals surface area contributed by atoms with Gasteiger partial charge in [0, 0.05) is 12.0 Å². The molecular formula is C13H14N2O. The van der Waals surface area contributed by atoms with Crippen molar-refractivity contribution in [2.75, 3.05) is 0 Å². The Morgan fingerprint density at radius 2 is 2.31 bits per heavy atom. The van der Waals surface area contributed by atoms with Gasteiger partial charge in [0.2, 0.25) is 0 Å². The molecule has 1 unspecified atom stereocenters. The standard InChI is InChI=1S/C13H14N2O/c1-9(2)13-7-12(15-16-13)11-5-3-4-10(6-11)8-14/h3-6,9,13H,7H2,1-2H3.